The Labute approximate surface area is 135 Å². The third-order valence-electron chi connectivity index (χ3n) is 3.03. The van der Waals surface area contributed by atoms with Crippen molar-refractivity contribution >= 4 is 23.6 Å². The average Bonchev–Trinajstić information content (AvgIpc) is 2.80. The highest BCUT2D eigenvalue weighted by Crippen LogP contribution is 2.33. The lowest BCUT2D eigenvalue weighted by molar-refractivity contribution is -0.138. The molecule has 124 valence electrons. The fraction of sp³-hybridized carbons (Fsp3) is 0.333. The molecule has 0 atom stereocenters. The van der Waals surface area contributed by atoms with Crippen LogP contribution in [-0.4, -0.2) is 29.1 Å². The van der Waals surface area contributed by atoms with Gasteiger partial charge in [-0.25, -0.2) is 4.79 Å². The summed E-state index contributed by atoms with van der Waals surface area (Å²) in [6.07, 6.45) is -3.25. The maximum Gasteiger partial charge on any atom is 0.416 e. The van der Waals surface area contributed by atoms with Crippen molar-refractivity contribution in [2.75, 3.05) is 12.4 Å². The number of amides is 1. The zero-order valence-corrected chi connectivity index (χ0v) is 13.0. The predicted octanol–water partition coefficient (Wildman–Crippen LogP) is 3.19. The van der Waals surface area contributed by atoms with Crippen molar-refractivity contribution in [3.8, 4) is 0 Å². The fourth-order valence-corrected chi connectivity index (χ4v) is 2.94. The lowest BCUT2D eigenvalue weighted by Crippen LogP contribution is -2.24. The van der Waals surface area contributed by atoms with Crippen molar-refractivity contribution in [1.29, 1.82) is 0 Å². The number of benzene rings is 1. The molecule has 1 aliphatic heterocycles. The Kier molecular flexibility index (Phi) is 5.35. The Bertz CT molecular complexity index is 643. The molecule has 23 heavy (non-hydrogen) atoms. The first-order valence-corrected chi connectivity index (χ1v) is 7.77. The molecule has 0 N–H and O–H groups in total. The van der Waals surface area contributed by atoms with Crippen LogP contribution in [0.25, 0.3) is 0 Å². The van der Waals surface area contributed by atoms with Gasteiger partial charge in [0.25, 0.3) is 0 Å². The van der Waals surface area contributed by atoms with Gasteiger partial charge in [0.05, 0.1) is 35.6 Å². The summed E-state index contributed by atoms with van der Waals surface area (Å²) >= 11 is 1.16. The lowest BCUT2D eigenvalue weighted by atomic mass is 10.1. The van der Waals surface area contributed by atoms with E-state index in [4.69, 9.17) is 4.74 Å². The first kappa shape index (κ1) is 17.4. The molecule has 1 saturated heterocycles. The molecule has 0 saturated carbocycles. The molecule has 0 spiro atoms. The Balaban J connectivity index is 2.20. The summed E-state index contributed by atoms with van der Waals surface area (Å²) in [4.78, 5) is 24.7. The summed E-state index contributed by atoms with van der Waals surface area (Å²) in [5, 5.41) is 0.380. The number of alkyl halides is 3. The van der Waals surface area contributed by atoms with Crippen LogP contribution in [0.4, 0.5) is 13.2 Å². The maximum absolute atomic E-state index is 12.7. The molecule has 0 bridgehead atoms. The monoisotopic (exact) mass is 345 g/mol. The summed E-state index contributed by atoms with van der Waals surface area (Å²) in [6, 6.07) is 4.77. The van der Waals surface area contributed by atoms with Crippen molar-refractivity contribution in [3.63, 3.8) is 0 Å². The summed E-state index contributed by atoms with van der Waals surface area (Å²) in [7, 11) is 0. The van der Waals surface area contributed by atoms with Gasteiger partial charge in [0, 0.05) is 0 Å². The molecule has 1 heterocycles. The van der Waals surface area contributed by atoms with Gasteiger partial charge in [-0.3, -0.25) is 4.79 Å². The molecular weight excluding hydrogens is 331 g/mol. The standard InChI is InChI=1S/C15H14F3NO3S/c1-2-22-14(21)7-13-19(12(20)9-23-13)8-10-4-3-5-11(6-10)15(16,17)18/h3-7H,2,8-9H2,1H3/b13-7+. The molecule has 8 heteroatoms. The van der Waals surface area contributed by atoms with Crippen LogP contribution in [-0.2, 0) is 27.0 Å². The Hall–Kier alpha value is -1.96. The van der Waals surface area contributed by atoms with E-state index in [0.29, 0.717) is 10.6 Å². The number of hydrogen-bond donors (Lipinski definition) is 0. The van der Waals surface area contributed by atoms with Gasteiger partial charge in [0.2, 0.25) is 5.91 Å². The number of nitrogens with zero attached hydrogens (tertiary/aromatic N) is 1. The highest BCUT2D eigenvalue weighted by atomic mass is 32.2. The van der Waals surface area contributed by atoms with Gasteiger partial charge < -0.3 is 9.64 Å². The van der Waals surface area contributed by atoms with Crippen LogP contribution in [0.5, 0.6) is 0 Å². The van der Waals surface area contributed by atoms with E-state index in [1.807, 2.05) is 0 Å². The fourth-order valence-electron chi connectivity index (χ4n) is 2.01. The minimum atomic E-state index is -4.44. The smallest absolute Gasteiger partial charge is 0.416 e. The van der Waals surface area contributed by atoms with Crippen molar-refractivity contribution in [3.05, 3.63) is 46.5 Å². The van der Waals surface area contributed by atoms with Crippen LogP contribution in [0.3, 0.4) is 0 Å². The van der Waals surface area contributed by atoms with Crippen LogP contribution in [0.1, 0.15) is 18.1 Å². The third-order valence-corrected chi connectivity index (χ3v) is 4.06. The van der Waals surface area contributed by atoms with Crippen LogP contribution in [0.15, 0.2) is 35.4 Å². The van der Waals surface area contributed by atoms with Gasteiger partial charge in [-0.05, 0) is 24.6 Å². The second-order valence-corrected chi connectivity index (χ2v) is 5.70. The van der Waals surface area contributed by atoms with E-state index in [2.05, 4.69) is 0 Å². The van der Waals surface area contributed by atoms with Crippen LogP contribution < -0.4 is 0 Å². The van der Waals surface area contributed by atoms with E-state index in [9.17, 15) is 22.8 Å². The molecule has 4 nitrogen and oxygen atoms in total. The van der Waals surface area contributed by atoms with E-state index in [-0.39, 0.29) is 24.8 Å². The molecule has 1 amide bonds. The molecule has 0 unspecified atom stereocenters. The van der Waals surface area contributed by atoms with Crippen molar-refractivity contribution in [2.45, 2.75) is 19.6 Å². The number of hydrogen-bond acceptors (Lipinski definition) is 4. The van der Waals surface area contributed by atoms with Gasteiger partial charge >= 0.3 is 12.1 Å². The van der Waals surface area contributed by atoms with Crippen molar-refractivity contribution in [2.24, 2.45) is 0 Å². The van der Waals surface area contributed by atoms with Crippen LogP contribution >= 0.6 is 11.8 Å². The predicted molar refractivity (Wildman–Crippen MR) is 79.2 cm³/mol. The molecule has 0 radical (unpaired) electrons. The SMILES string of the molecule is CCOC(=O)/C=C1/SCC(=O)N1Cc1cccc(C(F)(F)F)c1. The Morgan fingerprint density at radius 3 is 2.83 bits per heavy atom. The quantitative estimate of drug-likeness (QED) is 0.621. The highest BCUT2D eigenvalue weighted by molar-refractivity contribution is 8.04. The maximum atomic E-state index is 12.7. The number of thioether (sulfide) groups is 1. The summed E-state index contributed by atoms with van der Waals surface area (Å²) in [5.41, 5.74) is -0.435. The molecular formula is C15H14F3NO3S. The normalized spacial score (nSPS) is 17.0. The van der Waals surface area contributed by atoms with E-state index < -0.39 is 17.7 Å². The number of rotatable bonds is 4. The molecule has 1 aliphatic rings. The topological polar surface area (TPSA) is 46.6 Å². The molecule has 2 rings (SSSR count). The van der Waals surface area contributed by atoms with E-state index in [1.165, 1.54) is 23.1 Å². The first-order valence-electron chi connectivity index (χ1n) is 6.79. The zero-order chi connectivity index (χ0) is 17.0. The Morgan fingerprint density at radius 1 is 1.43 bits per heavy atom. The first-order chi connectivity index (χ1) is 10.8. The second kappa shape index (κ2) is 7.08. The van der Waals surface area contributed by atoms with Crippen molar-refractivity contribution < 1.29 is 27.5 Å². The molecule has 1 aromatic carbocycles. The highest BCUT2D eigenvalue weighted by Gasteiger charge is 2.31. The zero-order valence-electron chi connectivity index (χ0n) is 12.2. The minimum Gasteiger partial charge on any atom is -0.463 e. The summed E-state index contributed by atoms with van der Waals surface area (Å²) in [5.74, 6) is -0.703. The molecule has 0 aliphatic carbocycles. The van der Waals surface area contributed by atoms with Crippen LogP contribution in [0, 0.1) is 0 Å². The lowest BCUT2D eigenvalue weighted by Gasteiger charge is -2.18. The molecule has 0 aromatic heterocycles. The van der Waals surface area contributed by atoms with E-state index in [1.54, 1.807) is 6.92 Å². The van der Waals surface area contributed by atoms with Gasteiger partial charge in [-0.1, -0.05) is 23.9 Å². The number of halogens is 3. The van der Waals surface area contributed by atoms with Gasteiger partial charge in [-0.2, -0.15) is 13.2 Å². The minimum absolute atomic E-state index is 0.0268. The molecule has 1 fully saturated rings. The Morgan fingerprint density at radius 2 is 2.17 bits per heavy atom. The second-order valence-electron chi connectivity index (χ2n) is 4.70. The number of carbonyl (C=O) groups is 2. The number of ether oxygens (including phenoxy) is 1. The number of carbonyl (C=O) groups excluding carboxylic acids is 2. The van der Waals surface area contributed by atoms with Crippen molar-refractivity contribution in [1.82, 2.24) is 4.90 Å². The number of esters is 1. The van der Waals surface area contributed by atoms with Gasteiger partial charge in [-0.15, -0.1) is 0 Å². The van der Waals surface area contributed by atoms with Gasteiger partial charge in [0.15, 0.2) is 0 Å². The third kappa shape index (κ3) is 4.51. The molecule has 1 aromatic rings. The average molecular weight is 345 g/mol. The summed E-state index contributed by atoms with van der Waals surface area (Å²) in [6.45, 7) is 1.83. The van der Waals surface area contributed by atoms with E-state index in [0.717, 1.165) is 23.9 Å². The van der Waals surface area contributed by atoms with E-state index >= 15 is 0 Å². The van der Waals surface area contributed by atoms with Gasteiger partial charge in [0.1, 0.15) is 0 Å². The van der Waals surface area contributed by atoms with Crippen LogP contribution in [0.2, 0.25) is 0 Å². The largest absolute Gasteiger partial charge is 0.463 e. The summed E-state index contributed by atoms with van der Waals surface area (Å²) < 4.78 is 43.0.